The number of nitriles is 1. The molecule has 0 unspecified atom stereocenters. The lowest BCUT2D eigenvalue weighted by atomic mass is 10.3. The van der Waals surface area contributed by atoms with Crippen LogP contribution < -0.4 is 10.1 Å². The highest BCUT2D eigenvalue weighted by atomic mass is 16.6. The molecule has 1 heterocycles. The molecule has 1 N–H and O–H groups in total. The minimum atomic E-state index is -0.608. The van der Waals surface area contributed by atoms with E-state index >= 15 is 0 Å². The van der Waals surface area contributed by atoms with Crippen molar-refractivity contribution in [3.8, 4) is 11.9 Å². The molecule has 7 heteroatoms. The smallest absolute Gasteiger partial charge is 0.332 e. The van der Waals surface area contributed by atoms with Gasteiger partial charge in [-0.1, -0.05) is 6.92 Å². The topological polar surface area (TPSA) is 101 Å². The number of nitro groups is 1. The van der Waals surface area contributed by atoms with E-state index in [1.165, 1.54) is 6.20 Å². The van der Waals surface area contributed by atoms with Crippen LogP contribution >= 0.6 is 0 Å². The average molecular weight is 250 g/mol. The van der Waals surface area contributed by atoms with Gasteiger partial charge in [0.05, 0.1) is 10.5 Å². The van der Waals surface area contributed by atoms with Crippen LogP contribution in [0, 0.1) is 21.4 Å². The van der Waals surface area contributed by atoms with Gasteiger partial charge in [-0.15, -0.1) is 0 Å². The molecule has 0 aliphatic rings. The van der Waals surface area contributed by atoms with Gasteiger partial charge in [-0.05, 0) is 13.0 Å². The van der Waals surface area contributed by atoms with E-state index in [0.29, 0.717) is 13.2 Å². The number of hydrogen-bond acceptors (Lipinski definition) is 6. The summed E-state index contributed by atoms with van der Waals surface area (Å²) < 4.78 is 5.22. The van der Waals surface area contributed by atoms with Gasteiger partial charge in [0.25, 0.3) is 5.88 Å². The van der Waals surface area contributed by atoms with Crippen LogP contribution in [0.5, 0.6) is 5.88 Å². The van der Waals surface area contributed by atoms with Crippen molar-refractivity contribution in [3.63, 3.8) is 0 Å². The lowest BCUT2D eigenvalue weighted by Crippen LogP contribution is -2.22. The first kappa shape index (κ1) is 13.9. The fraction of sp³-hybridized carbons (Fsp3) is 0.455. The number of pyridine rings is 1. The molecule has 0 aromatic carbocycles. The van der Waals surface area contributed by atoms with Gasteiger partial charge in [-0.2, -0.15) is 5.26 Å². The van der Waals surface area contributed by atoms with E-state index in [-0.39, 0.29) is 17.1 Å². The number of aromatic nitrogens is 1. The number of rotatable bonds is 7. The summed E-state index contributed by atoms with van der Waals surface area (Å²) in [5, 5.41) is 22.5. The van der Waals surface area contributed by atoms with Gasteiger partial charge < -0.3 is 10.1 Å². The van der Waals surface area contributed by atoms with Crippen molar-refractivity contribution >= 4 is 5.69 Å². The standard InChI is InChI=1S/C11H14N4O3/c1-2-3-13-4-5-18-11-10(15(16)17)6-9(7-12)8-14-11/h6,8,13H,2-5H2,1H3. The van der Waals surface area contributed by atoms with Gasteiger partial charge in [0.1, 0.15) is 12.7 Å². The largest absolute Gasteiger partial charge is 0.471 e. The monoisotopic (exact) mass is 250 g/mol. The van der Waals surface area contributed by atoms with Crippen LogP contribution in [-0.2, 0) is 0 Å². The molecule has 7 nitrogen and oxygen atoms in total. The quantitative estimate of drug-likeness (QED) is 0.444. The Morgan fingerprint density at radius 3 is 3.00 bits per heavy atom. The van der Waals surface area contributed by atoms with Gasteiger partial charge in [-0.25, -0.2) is 4.98 Å². The maximum atomic E-state index is 10.8. The van der Waals surface area contributed by atoms with Gasteiger partial charge in [0.2, 0.25) is 0 Å². The number of nitrogens with zero attached hydrogens (tertiary/aromatic N) is 3. The summed E-state index contributed by atoms with van der Waals surface area (Å²) in [7, 11) is 0. The Balaban J connectivity index is 2.65. The summed E-state index contributed by atoms with van der Waals surface area (Å²) in [4.78, 5) is 14.0. The normalized spacial score (nSPS) is 9.78. The maximum absolute atomic E-state index is 10.8. The second kappa shape index (κ2) is 7.19. The zero-order valence-corrected chi connectivity index (χ0v) is 10.0. The lowest BCUT2D eigenvalue weighted by molar-refractivity contribution is -0.386. The van der Waals surface area contributed by atoms with Crippen molar-refractivity contribution in [2.45, 2.75) is 13.3 Å². The number of nitrogens with one attached hydrogen (secondary N) is 1. The van der Waals surface area contributed by atoms with Gasteiger partial charge in [0, 0.05) is 18.8 Å². The minimum Gasteiger partial charge on any atom is -0.471 e. The second-order valence-corrected chi connectivity index (χ2v) is 3.52. The zero-order valence-electron chi connectivity index (χ0n) is 10.0. The molecule has 1 aromatic heterocycles. The van der Waals surface area contributed by atoms with Crippen LogP contribution in [0.25, 0.3) is 0 Å². The summed E-state index contributed by atoms with van der Waals surface area (Å²) in [6.45, 7) is 3.79. The van der Waals surface area contributed by atoms with Crippen LogP contribution in [0.4, 0.5) is 5.69 Å². The minimum absolute atomic E-state index is 0.0581. The highest BCUT2D eigenvalue weighted by molar-refractivity contribution is 5.46. The third kappa shape index (κ3) is 3.99. The van der Waals surface area contributed by atoms with E-state index in [4.69, 9.17) is 10.00 Å². The van der Waals surface area contributed by atoms with Crippen LogP contribution in [0.3, 0.4) is 0 Å². The van der Waals surface area contributed by atoms with Crippen molar-refractivity contribution in [1.29, 1.82) is 5.26 Å². The van der Waals surface area contributed by atoms with Crippen LogP contribution in [0.1, 0.15) is 18.9 Å². The Kier molecular flexibility index (Phi) is 5.54. The Morgan fingerprint density at radius 1 is 1.61 bits per heavy atom. The van der Waals surface area contributed by atoms with Crippen LogP contribution in [-0.4, -0.2) is 29.6 Å². The molecule has 1 aromatic rings. The Hall–Kier alpha value is -2.20. The number of hydrogen-bond donors (Lipinski definition) is 1. The van der Waals surface area contributed by atoms with Gasteiger partial charge in [-0.3, -0.25) is 10.1 Å². The summed E-state index contributed by atoms with van der Waals surface area (Å²) in [6.07, 6.45) is 2.26. The molecular formula is C11H14N4O3. The Morgan fingerprint density at radius 2 is 2.39 bits per heavy atom. The van der Waals surface area contributed by atoms with Crippen LogP contribution in [0.2, 0.25) is 0 Å². The number of ether oxygens (including phenoxy) is 1. The third-order valence-corrected chi connectivity index (χ3v) is 2.10. The average Bonchev–Trinajstić information content (AvgIpc) is 2.38. The first-order valence-electron chi connectivity index (χ1n) is 5.57. The van der Waals surface area contributed by atoms with Crippen LogP contribution in [0.15, 0.2) is 12.3 Å². The van der Waals surface area contributed by atoms with E-state index in [1.807, 2.05) is 6.92 Å². The second-order valence-electron chi connectivity index (χ2n) is 3.52. The summed E-state index contributed by atoms with van der Waals surface area (Å²) in [5.41, 5.74) is -0.150. The highest BCUT2D eigenvalue weighted by Crippen LogP contribution is 2.24. The first-order chi connectivity index (χ1) is 8.69. The molecule has 0 saturated carbocycles. The van der Waals surface area contributed by atoms with E-state index in [1.54, 1.807) is 6.07 Å². The predicted octanol–water partition coefficient (Wildman–Crippen LogP) is 1.24. The Bertz CT molecular complexity index is 456. The molecule has 0 aliphatic heterocycles. The first-order valence-corrected chi connectivity index (χ1v) is 5.57. The molecule has 96 valence electrons. The predicted molar refractivity (Wildman–Crippen MR) is 64.3 cm³/mol. The van der Waals surface area contributed by atoms with Gasteiger partial charge >= 0.3 is 5.69 Å². The zero-order chi connectivity index (χ0) is 13.4. The molecule has 18 heavy (non-hydrogen) atoms. The molecular weight excluding hydrogens is 236 g/mol. The van der Waals surface area contributed by atoms with E-state index in [0.717, 1.165) is 19.0 Å². The van der Waals surface area contributed by atoms with Gasteiger partial charge in [0.15, 0.2) is 0 Å². The molecule has 0 spiro atoms. The summed E-state index contributed by atoms with van der Waals surface area (Å²) in [5.74, 6) is -0.0581. The molecule has 0 saturated heterocycles. The highest BCUT2D eigenvalue weighted by Gasteiger charge is 2.17. The summed E-state index contributed by atoms with van der Waals surface area (Å²) in [6, 6.07) is 2.95. The third-order valence-electron chi connectivity index (χ3n) is 2.10. The van der Waals surface area contributed by atoms with Crippen molar-refractivity contribution in [2.75, 3.05) is 19.7 Å². The molecule has 0 bridgehead atoms. The van der Waals surface area contributed by atoms with Crippen molar-refractivity contribution in [3.05, 3.63) is 27.9 Å². The van der Waals surface area contributed by atoms with E-state index < -0.39 is 4.92 Å². The molecule has 0 fully saturated rings. The van der Waals surface area contributed by atoms with E-state index in [2.05, 4.69) is 10.3 Å². The molecule has 0 atom stereocenters. The fourth-order valence-corrected chi connectivity index (χ4v) is 1.27. The maximum Gasteiger partial charge on any atom is 0.332 e. The molecule has 0 amide bonds. The molecule has 0 radical (unpaired) electrons. The van der Waals surface area contributed by atoms with Crippen molar-refractivity contribution in [1.82, 2.24) is 10.3 Å². The fourth-order valence-electron chi connectivity index (χ4n) is 1.27. The SMILES string of the molecule is CCCNCCOc1ncc(C#N)cc1[N+](=O)[O-]. The van der Waals surface area contributed by atoms with E-state index in [9.17, 15) is 10.1 Å². The lowest BCUT2D eigenvalue weighted by Gasteiger charge is -2.06. The van der Waals surface area contributed by atoms with Crippen molar-refractivity contribution < 1.29 is 9.66 Å². The summed E-state index contributed by atoms with van der Waals surface area (Å²) >= 11 is 0. The Labute approximate surface area is 105 Å². The molecule has 1 rings (SSSR count). The van der Waals surface area contributed by atoms with Crippen molar-refractivity contribution in [2.24, 2.45) is 0 Å². The molecule has 0 aliphatic carbocycles.